The molecule has 0 aromatic rings. The zero-order chi connectivity index (χ0) is 11.5. The van der Waals surface area contributed by atoms with Crippen molar-refractivity contribution < 1.29 is 0 Å². The Morgan fingerprint density at radius 1 is 1.19 bits per heavy atom. The largest absolute Gasteiger partial charge is 0.327 e. The smallest absolute Gasteiger partial charge is 0.0117 e. The number of nitrogens with two attached hydrogens (primary N) is 1. The molecule has 0 bridgehead atoms. The number of nitrogens with zero attached hydrogens (tertiary/aromatic N) is 2. The van der Waals surface area contributed by atoms with Crippen LogP contribution in [0.15, 0.2) is 0 Å². The van der Waals surface area contributed by atoms with Crippen molar-refractivity contribution in [2.24, 2.45) is 11.7 Å². The highest BCUT2D eigenvalue weighted by Crippen LogP contribution is 2.26. The third-order valence-electron chi connectivity index (χ3n) is 4.55. The number of rotatable bonds is 3. The molecule has 0 amide bonds. The first-order valence-corrected chi connectivity index (χ1v) is 6.81. The number of hydrogen-bond acceptors (Lipinski definition) is 3. The average Bonchev–Trinajstić information content (AvgIpc) is 2.65. The first-order chi connectivity index (χ1) is 7.66. The van der Waals surface area contributed by atoms with Crippen molar-refractivity contribution in [3.8, 4) is 0 Å². The van der Waals surface area contributed by atoms with Gasteiger partial charge in [-0.3, -0.25) is 0 Å². The second-order valence-corrected chi connectivity index (χ2v) is 5.83. The summed E-state index contributed by atoms with van der Waals surface area (Å²) in [5.41, 5.74) is 6.14. The summed E-state index contributed by atoms with van der Waals surface area (Å²) in [7, 11) is 4.52. The standard InChI is InChI=1S/C13H27N3/c1-15-8-6-12(7-9-15)16(2)10-11-4-3-5-13(11)14/h11-13H,3-10,14H2,1-2H3. The van der Waals surface area contributed by atoms with Gasteiger partial charge < -0.3 is 15.5 Å². The molecule has 0 aromatic heterocycles. The minimum atomic E-state index is 0.466. The molecule has 1 saturated carbocycles. The average molecular weight is 225 g/mol. The maximum Gasteiger partial charge on any atom is 0.0117 e. The second kappa shape index (κ2) is 5.48. The summed E-state index contributed by atoms with van der Waals surface area (Å²) >= 11 is 0. The van der Waals surface area contributed by atoms with Crippen LogP contribution >= 0.6 is 0 Å². The topological polar surface area (TPSA) is 32.5 Å². The highest BCUT2D eigenvalue weighted by atomic mass is 15.2. The molecule has 94 valence electrons. The molecule has 3 nitrogen and oxygen atoms in total. The van der Waals surface area contributed by atoms with Gasteiger partial charge in [0.1, 0.15) is 0 Å². The molecule has 0 spiro atoms. The van der Waals surface area contributed by atoms with Gasteiger partial charge in [-0.05, 0) is 58.8 Å². The van der Waals surface area contributed by atoms with Gasteiger partial charge in [0.05, 0.1) is 0 Å². The highest BCUT2D eigenvalue weighted by Gasteiger charge is 2.28. The molecule has 0 aromatic carbocycles. The Labute approximate surface area is 100.0 Å². The predicted molar refractivity (Wildman–Crippen MR) is 68.5 cm³/mol. The number of likely N-dealkylation sites (tertiary alicyclic amines) is 1. The summed E-state index contributed by atoms with van der Waals surface area (Å²) in [4.78, 5) is 5.01. The van der Waals surface area contributed by atoms with Crippen LogP contribution in [0, 0.1) is 5.92 Å². The van der Waals surface area contributed by atoms with Crippen LogP contribution in [0.1, 0.15) is 32.1 Å². The molecular formula is C13H27N3. The summed E-state index contributed by atoms with van der Waals surface area (Å²) in [5.74, 6) is 0.754. The lowest BCUT2D eigenvalue weighted by Crippen LogP contribution is -2.45. The SMILES string of the molecule is CN1CCC(N(C)CC2CCCC2N)CC1. The minimum absolute atomic E-state index is 0.466. The van der Waals surface area contributed by atoms with Gasteiger partial charge in [0, 0.05) is 18.6 Å². The second-order valence-electron chi connectivity index (χ2n) is 5.83. The first-order valence-electron chi connectivity index (χ1n) is 6.81. The van der Waals surface area contributed by atoms with E-state index in [2.05, 4.69) is 23.9 Å². The molecule has 2 unspecified atom stereocenters. The van der Waals surface area contributed by atoms with E-state index in [0.29, 0.717) is 6.04 Å². The van der Waals surface area contributed by atoms with E-state index in [0.717, 1.165) is 12.0 Å². The molecule has 2 aliphatic rings. The summed E-state index contributed by atoms with van der Waals surface area (Å²) in [6, 6.07) is 1.26. The summed E-state index contributed by atoms with van der Waals surface area (Å²) in [6.07, 6.45) is 6.58. The van der Waals surface area contributed by atoms with Crippen molar-refractivity contribution in [1.82, 2.24) is 9.80 Å². The van der Waals surface area contributed by atoms with Gasteiger partial charge >= 0.3 is 0 Å². The lowest BCUT2D eigenvalue weighted by atomic mass is 9.99. The van der Waals surface area contributed by atoms with E-state index >= 15 is 0 Å². The van der Waals surface area contributed by atoms with Crippen molar-refractivity contribution >= 4 is 0 Å². The number of piperidine rings is 1. The molecule has 2 N–H and O–H groups in total. The fourth-order valence-electron chi connectivity index (χ4n) is 3.25. The zero-order valence-electron chi connectivity index (χ0n) is 10.9. The molecule has 1 aliphatic heterocycles. The Morgan fingerprint density at radius 3 is 2.44 bits per heavy atom. The third-order valence-corrected chi connectivity index (χ3v) is 4.55. The summed E-state index contributed by atoms with van der Waals surface area (Å²) in [5, 5.41) is 0. The van der Waals surface area contributed by atoms with E-state index in [9.17, 15) is 0 Å². The Bertz CT molecular complexity index is 211. The number of hydrogen-bond donors (Lipinski definition) is 1. The van der Waals surface area contributed by atoms with Crippen molar-refractivity contribution in [1.29, 1.82) is 0 Å². The van der Waals surface area contributed by atoms with Crippen LogP contribution in [0.3, 0.4) is 0 Å². The van der Waals surface area contributed by atoms with Crippen LogP contribution in [-0.2, 0) is 0 Å². The Morgan fingerprint density at radius 2 is 1.88 bits per heavy atom. The van der Waals surface area contributed by atoms with Crippen molar-refractivity contribution in [2.75, 3.05) is 33.7 Å². The van der Waals surface area contributed by atoms with Crippen LogP contribution in [0.4, 0.5) is 0 Å². The van der Waals surface area contributed by atoms with Crippen molar-refractivity contribution in [3.63, 3.8) is 0 Å². The van der Waals surface area contributed by atoms with E-state index in [1.807, 2.05) is 0 Å². The molecule has 0 radical (unpaired) electrons. The highest BCUT2D eigenvalue weighted by molar-refractivity contribution is 4.85. The van der Waals surface area contributed by atoms with Crippen LogP contribution in [0.25, 0.3) is 0 Å². The van der Waals surface area contributed by atoms with Crippen LogP contribution in [-0.4, -0.2) is 55.6 Å². The maximum absolute atomic E-state index is 6.14. The first kappa shape index (κ1) is 12.3. The van der Waals surface area contributed by atoms with Gasteiger partial charge in [0.25, 0.3) is 0 Å². The summed E-state index contributed by atoms with van der Waals surface area (Å²) in [6.45, 7) is 3.73. The van der Waals surface area contributed by atoms with E-state index in [4.69, 9.17) is 5.73 Å². The van der Waals surface area contributed by atoms with Crippen LogP contribution < -0.4 is 5.73 Å². The molecular weight excluding hydrogens is 198 g/mol. The van der Waals surface area contributed by atoms with Gasteiger partial charge in [-0.2, -0.15) is 0 Å². The van der Waals surface area contributed by atoms with Gasteiger partial charge in [0.15, 0.2) is 0 Å². The van der Waals surface area contributed by atoms with Crippen molar-refractivity contribution in [2.45, 2.75) is 44.2 Å². The van der Waals surface area contributed by atoms with E-state index < -0.39 is 0 Å². The van der Waals surface area contributed by atoms with Gasteiger partial charge in [-0.1, -0.05) is 6.42 Å². The Balaban J connectivity index is 1.76. The molecule has 2 rings (SSSR count). The molecule has 2 fully saturated rings. The maximum atomic E-state index is 6.14. The Hall–Kier alpha value is -0.120. The monoisotopic (exact) mass is 225 g/mol. The third kappa shape index (κ3) is 2.96. The lowest BCUT2D eigenvalue weighted by Gasteiger charge is -2.36. The molecule has 2 atom stereocenters. The molecule has 1 heterocycles. The van der Waals surface area contributed by atoms with Crippen LogP contribution in [0.5, 0.6) is 0 Å². The fourth-order valence-corrected chi connectivity index (χ4v) is 3.25. The van der Waals surface area contributed by atoms with Gasteiger partial charge in [-0.25, -0.2) is 0 Å². The van der Waals surface area contributed by atoms with Crippen LogP contribution in [0.2, 0.25) is 0 Å². The molecule has 1 aliphatic carbocycles. The minimum Gasteiger partial charge on any atom is -0.327 e. The predicted octanol–water partition coefficient (Wildman–Crippen LogP) is 1.14. The lowest BCUT2D eigenvalue weighted by molar-refractivity contribution is 0.127. The van der Waals surface area contributed by atoms with Gasteiger partial charge in [0.2, 0.25) is 0 Å². The molecule has 1 saturated heterocycles. The molecule has 3 heteroatoms. The fraction of sp³-hybridized carbons (Fsp3) is 1.00. The van der Waals surface area contributed by atoms with E-state index in [-0.39, 0.29) is 0 Å². The van der Waals surface area contributed by atoms with Gasteiger partial charge in [-0.15, -0.1) is 0 Å². The Kier molecular flexibility index (Phi) is 4.22. The van der Waals surface area contributed by atoms with Crippen molar-refractivity contribution in [3.05, 3.63) is 0 Å². The normalized spacial score (nSPS) is 33.8. The zero-order valence-corrected chi connectivity index (χ0v) is 10.9. The van der Waals surface area contributed by atoms with E-state index in [1.165, 1.54) is 51.7 Å². The summed E-state index contributed by atoms with van der Waals surface area (Å²) < 4.78 is 0. The quantitative estimate of drug-likeness (QED) is 0.782. The molecule has 16 heavy (non-hydrogen) atoms. The van der Waals surface area contributed by atoms with E-state index in [1.54, 1.807) is 0 Å².